The number of fused-ring (bicyclic) bond motifs is 2. The van der Waals surface area contributed by atoms with E-state index in [0.29, 0.717) is 0 Å². The number of hydrogen-bond donors (Lipinski definition) is 0. The van der Waals surface area contributed by atoms with Gasteiger partial charge in [-0.3, -0.25) is 0 Å². The molecule has 1 aliphatic rings. The standard InChI is InChI=1S/C44H26N2/c1-3-9-27(10-4-1)29-17-18-31-26-33(22-19-30(31)25-29)46-37-16-8-14-35-34-13-7-15-36-41(34)43-38(45(36)32-11-5-2-6-12-32)23-20-28-21-24-39(46)44(40(28)43)42(35)37/h1-26H. The molecule has 0 atom stereocenters. The molecular formula is C44H26N2. The molecule has 2 heteroatoms. The Labute approximate surface area is 265 Å². The summed E-state index contributed by atoms with van der Waals surface area (Å²) in [5.74, 6) is 0. The summed E-state index contributed by atoms with van der Waals surface area (Å²) >= 11 is 0. The molecule has 0 amide bonds. The van der Waals surface area contributed by atoms with Crippen LogP contribution in [0.5, 0.6) is 0 Å². The van der Waals surface area contributed by atoms with Gasteiger partial charge in [0.15, 0.2) is 0 Å². The van der Waals surface area contributed by atoms with Gasteiger partial charge in [-0.1, -0.05) is 103 Å². The highest BCUT2D eigenvalue weighted by atomic mass is 15.0. The SMILES string of the molecule is c1ccc(-c2ccc3cc(-n4c5cccc6c5c5c7c(ccc8c7c7c-6cccc7n8-c6ccccc6)ccc54)ccc3c2)cc1. The molecule has 212 valence electrons. The summed E-state index contributed by atoms with van der Waals surface area (Å²) in [5, 5.41) is 10.5. The van der Waals surface area contributed by atoms with E-state index in [-0.39, 0.29) is 0 Å². The van der Waals surface area contributed by atoms with Crippen LogP contribution in [0.1, 0.15) is 0 Å². The molecular weight excluding hydrogens is 556 g/mol. The van der Waals surface area contributed by atoms with Crippen molar-refractivity contribution in [3.63, 3.8) is 0 Å². The third kappa shape index (κ3) is 3.05. The molecule has 0 fully saturated rings. The molecule has 0 aliphatic heterocycles. The summed E-state index contributed by atoms with van der Waals surface area (Å²) in [6.07, 6.45) is 0. The summed E-state index contributed by atoms with van der Waals surface area (Å²) in [5.41, 5.74) is 12.5. The Morgan fingerprint density at radius 3 is 1.50 bits per heavy atom. The van der Waals surface area contributed by atoms with Crippen molar-refractivity contribution < 1.29 is 0 Å². The van der Waals surface area contributed by atoms with Gasteiger partial charge in [0.25, 0.3) is 0 Å². The van der Waals surface area contributed by atoms with Gasteiger partial charge in [-0.15, -0.1) is 0 Å². The molecule has 2 heterocycles. The van der Waals surface area contributed by atoms with Gasteiger partial charge in [0, 0.05) is 38.3 Å². The fourth-order valence-corrected chi connectivity index (χ4v) is 8.28. The normalized spacial score (nSPS) is 12.3. The van der Waals surface area contributed by atoms with Gasteiger partial charge in [-0.05, 0) is 93.0 Å². The van der Waals surface area contributed by atoms with E-state index in [1.807, 2.05) is 0 Å². The highest BCUT2D eigenvalue weighted by Crippen LogP contribution is 2.51. The molecule has 0 N–H and O–H groups in total. The van der Waals surface area contributed by atoms with E-state index in [2.05, 4.69) is 167 Å². The lowest BCUT2D eigenvalue weighted by Gasteiger charge is -2.12. The van der Waals surface area contributed by atoms with E-state index in [1.165, 1.54) is 98.8 Å². The number of hydrogen-bond acceptors (Lipinski definition) is 0. The minimum absolute atomic E-state index is 1.18. The highest BCUT2D eigenvalue weighted by molar-refractivity contribution is 6.38. The second-order valence-corrected chi connectivity index (χ2v) is 12.5. The van der Waals surface area contributed by atoms with E-state index in [4.69, 9.17) is 0 Å². The van der Waals surface area contributed by atoms with Crippen LogP contribution >= 0.6 is 0 Å². The van der Waals surface area contributed by atoms with E-state index >= 15 is 0 Å². The predicted octanol–water partition coefficient (Wildman–Crippen LogP) is 11.8. The average molecular weight is 583 g/mol. The van der Waals surface area contributed by atoms with Crippen molar-refractivity contribution in [2.75, 3.05) is 0 Å². The molecule has 0 radical (unpaired) electrons. The molecule has 46 heavy (non-hydrogen) atoms. The van der Waals surface area contributed by atoms with E-state index < -0.39 is 0 Å². The Morgan fingerprint density at radius 1 is 0.283 bits per heavy atom. The van der Waals surface area contributed by atoms with Crippen LogP contribution in [-0.4, -0.2) is 9.13 Å². The smallest absolute Gasteiger partial charge is 0.0548 e. The largest absolute Gasteiger partial charge is 0.309 e. The van der Waals surface area contributed by atoms with Gasteiger partial charge < -0.3 is 9.13 Å². The first kappa shape index (κ1) is 24.2. The fraction of sp³-hybridized carbons (Fsp3) is 0. The Morgan fingerprint density at radius 2 is 0.826 bits per heavy atom. The van der Waals surface area contributed by atoms with Crippen LogP contribution in [0.15, 0.2) is 158 Å². The molecule has 2 nitrogen and oxygen atoms in total. The van der Waals surface area contributed by atoms with E-state index in [9.17, 15) is 0 Å². The van der Waals surface area contributed by atoms with Crippen LogP contribution in [0.4, 0.5) is 0 Å². The van der Waals surface area contributed by atoms with Crippen LogP contribution in [0.25, 0.3) is 98.8 Å². The van der Waals surface area contributed by atoms with Crippen molar-refractivity contribution in [1.29, 1.82) is 0 Å². The van der Waals surface area contributed by atoms with E-state index in [0.717, 1.165) is 0 Å². The number of aromatic nitrogens is 2. The molecule has 0 spiro atoms. The van der Waals surface area contributed by atoms with E-state index in [1.54, 1.807) is 0 Å². The summed E-state index contributed by atoms with van der Waals surface area (Å²) in [6.45, 7) is 0. The van der Waals surface area contributed by atoms with Crippen molar-refractivity contribution >= 4 is 65.2 Å². The van der Waals surface area contributed by atoms with Gasteiger partial charge in [0.05, 0.1) is 22.1 Å². The lowest BCUT2D eigenvalue weighted by molar-refractivity contribution is 1.18. The maximum Gasteiger partial charge on any atom is 0.0548 e. The Balaban J connectivity index is 1.26. The first-order chi connectivity index (χ1) is 22.8. The zero-order valence-electron chi connectivity index (χ0n) is 24.9. The first-order valence-corrected chi connectivity index (χ1v) is 15.9. The van der Waals surface area contributed by atoms with Gasteiger partial charge in [0.1, 0.15) is 0 Å². The number of rotatable bonds is 3. The lowest BCUT2D eigenvalue weighted by atomic mass is 9.98. The zero-order chi connectivity index (χ0) is 29.9. The quantitative estimate of drug-likeness (QED) is 0.196. The van der Waals surface area contributed by atoms with Gasteiger partial charge in [-0.2, -0.15) is 0 Å². The number of benzene rings is 8. The maximum atomic E-state index is 2.48. The van der Waals surface area contributed by atoms with Crippen LogP contribution in [0.2, 0.25) is 0 Å². The lowest BCUT2D eigenvalue weighted by Crippen LogP contribution is -1.94. The summed E-state index contributed by atoms with van der Waals surface area (Å²) in [6, 6.07) is 58.1. The van der Waals surface area contributed by atoms with Crippen molar-refractivity contribution in [1.82, 2.24) is 9.13 Å². The Kier molecular flexibility index (Phi) is 4.61. The second-order valence-electron chi connectivity index (χ2n) is 12.5. The minimum Gasteiger partial charge on any atom is -0.309 e. The average Bonchev–Trinajstić information content (AvgIpc) is 3.60. The van der Waals surface area contributed by atoms with Crippen LogP contribution < -0.4 is 0 Å². The van der Waals surface area contributed by atoms with Crippen LogP contribution in [0, 0.1) is 0 Å². The molecule has 8 aromatic carbocycles. The third-order valence-electron chi connectivity index (χ3n) is 10.2. The number of para-hydroxylation sites is 1. The maximum absolute atomic E-state index is 2.48. The van der Waals surface area contributed by atoms with Crippen molar-refractivity contribution in [3.05, 3.63) is 158 Å². The Bertz CT molecular complexity index is 2890. The molecule has 0 saturated heterocycles. The fourth-order valence-electron chi connectivity index (χ4n) is 8.28. The van der Waals surface area contributed by atoms with Crippen LogP contribution in [-0.2, 0) is 0 Å². The molecule has 2 aromatic heterocycles. The predicted molar refractivity (Wildman–Crippen MR) is 195 cm³/mol. The molecule has 0 unspecified atom stereocenters. The summed E-state index contributed by atoms with van der Waals surface area (Å²) in [4.78, 5) is 0. The van der Waals surface area contributed by atoms with Crippen molar-refractivity contribution in [3.8, 4) is 33.6 Å². The van der Waals surface area contributed by atoms with Gasteiger partial charge >= 0.3 is 0 Å². The second kappa shape index (κ2) is 8.74. The summed E-state index contributed by atoms with van der Waals surface area (Å²) < 4.78 is 4.93. The molecule has 10 aromatic rings. The molecule has 0 bridgehead atoms. The number of nitrogens with zero attached hydrogens (tertiary/aromatic N) is 2. The molecule has 1 aliphatic carbocycles. The minimum atomic E-state index is 1.18. The first-order valence-electron chi connectivity index (χ1n) is 15.9. The Hall–Kier alpha value is -6.12. The zero-order valence-corrected chi connectivity index (χ0v) is 24.9. The van der Waals surface area contributed by atoms with Gasteiger partial charge in [0.2, 0.25) is 0 Å². The van der Waals surface area contributed by atoms with Crippen molar-refractivity contribution in [2.24, 2.45) is 0 Å². The topological polar surface area (TPSA) is 9.86 Å². The third-order valence-corrected chi connectivity index (χ3v) is 10.2. The van der Waals surface area contributed by atoms with Gasteiger partial charge in [-0.25, -0.2) is 0 Å². The summed E-state index contributed by atoms with van der Waals surface area (Å²) in [7, 11) is 0. The highest BCUT2D eigenvalue weighted by Gasteiger charge is 2.26. The van der Waals surface area contributed by atoms with Crippen molar-refractivity contribution in [2.45, 2.75) is 0 Å². The molecule has 11 rings (SSSR count). The van der Waals surface area contributed by atoms with Crippen LogP contribution in [0.3, 0.4) is 0 Å². The molecule has 0 saturated carbocycles. The monoisotopic (exact) mass is 582 g/mol.